The van der Waals surface area contributed by atoms with Crippen molar-refractivity contribution < 1.29 is 13.9 Å². The van der Waals surface area contributed by atoms with Gasteiger partial charge in [0.1, 0.15) is 5.75 Å². The van der Waals surface area contributed by atoms with E-state index >= 15 is 0 Å². The molecule has 0 heterocycles. The smallest absolute Gasteiger partial charge is 0.317 e. The summed E-state index contributed by atoms with van der Waals surface area (Å²) < 4.78 is 19.2. The first-order chi connectivity index (χ1) is 10.5. The van der Waals surface area contributed by atoms with Crippen molar-refractivity contribution in [2.45, 2.75) is 6.36 Å². The van der Waals surface area contributed by atoms with Crippen LogP contribution in [0.1, 0.15) is 0 Å². The Labute approximate surface area is 129 Å². The topological polar surface area (TPSA) is 32.8 Å². The molecule has 0 spiro atoms. The van der Waals surface area contributed by atoms with Crippen LogP contribution in [0, 0.1) is 0 Å². The minimum atomic E-state index is -2.05. The van der Waals surface area contributed by atoms with E-state index in [4.69, 9.17) is 4.74 Å². The molecule has 0 bridgehead atoms. The van der Waals surface area contributed by atoms with Crippen LogP contribution in [0.3, 0.4) is 0 Å². The van der Waals surface area contributed by atoms with Crippen LogP contribution in [0.2, 0.25) is 0 Å². The summed E-state index contributed by atoms with van der Waals surface area (Å²) in [5.41, 5.74) is 1.48. The van der Waals surface area contributed by atoms with Crippen molar-refractivity contribution in [2.24, 2.45) is 0 Å². The van der Waals surface area contributed by atoms with Crippen molar-refractivity contribution in [3.05, 3.63) is 54.6 Å². The highest BCUT2D eigenvalue weighted by molar-refractivity contribution is 5.95. The van der Waals surface area contributed by atoms with Crippen molar-refractivity contribution in [3.63, 3.8) is 0 Å². The van der Waals surface area contributed by atoms with Crippen molar-refractivity contribution in [2.75, 3.05) is 30.9 Å². The lowest BCUT2D eigenvalue weighted by atomic mass is 10.3. The molecule has 0 aliphatic rings. The predicted octanol–water partition coefficient (Wildman–Crippen LogP) is 3.09. The van der Waals surface area contributed by atoms with Gasteiger partial charge in [0.15, 0.2) is 0 Å². The quantitative estimate of drug-likeness (QED) is 0.851. The summed E-state index contributed by atoms with van der Waals surface area (Å²) in [5.74, 6) is -0.435. The van der Waals surface area contributed by atoms with Crippen molar-refractivity contribution in [3.8, 4) is 5.75 Å². The summed E-state index contributed by atoms with van der Waals surface area (Å²) in [6.07, 6.45) is -2.05. The van der Waals surface area contributed by atoms with Gasteiger partial charge in [0.05, 0.1) is 0 Å². The first kappa shape index (κ1) is 15.8. The zero-order valence-electron chi connectivity index (χ0n) is 12.9. The van der Waals surface area contributed by atoms with E-state index in [2.05, 4.69) is 0 Å². The summed E-state index contributed by atoms with van der Waals surface area (Å²) in [6, 6.07) is 15.8. The van der Waals surface area contributed by atoms with Gasteiger partial charge in [-0.25, -0.2) is 0 Å². The number of ether oxygens (including phenoxy) is 1. The molecule has 0 aliphatic heterocycles. The molecule has 0 saturated heterocycles. The molecule has 0 radical (unpaired) electrons. The number of anilines is 2. The van der Waals surface area contributed by atoms with Gasteiger partial charge in [0, 0.05) is 38.6 Å². The number of para-hydroxylation sites is 1. The molecule has 2 rings (SSSR count). The van der Waals surface area contributed by atoms with E-state index in [0.29, 0.717) is 11.4 Å². The largest absolute Gasteiger partial charge is 0.452 e. The van der Waals surface area contributed by atoms with Gasteiger partial charge < -0.3 is 14.5 Å². The second-order valence-electron chi connectivity index (χ2n) is 5.06. The first-order valence-corrected chi connectivity index (χ1v) is 6.90. The third kappa shape index (κ3) is 3.75. The second-order valence-corrected chi connectivity index (χ2v) is 5.06. The van der Waals surface area contributed by atoms with Crippen molar-refractivity contribution in [1.82, 2.24) is 0 Å². The van der Waals surface area contributed by atoms with Crippen LogP contribution in [0.4, 0.5) is 15.8 Å². The van der Waals surface area contributed by atoms with Crippen LogP contribution in [0.25, 0.3) is 0 Å². The molecule has 0 N–H and O–H groups in total. The average molecular weight is 302 g/mol. The first-order valence-electron chi connectivity index (χ1n) is 6.90. The van der Waals surface area contributed by atoms with E-state index in [1.165, 1.54) is 11.9 Å². The van der Waals surface area contributed by atoms with Crippen molar-refractivity contribution in [1.29, 1.82) is 0 Å². The molecule has 5 heteroatoms. The summed E-state index contributed by atoms with van der Waals surface area (Å²) in [4.78, 5) is 15.2. The lowest BCUT2D eigenvalue weighted by Gasteiger charge is -2.20. The summed E-state index contributed by atoms with van der Waals surface area (Å²) in [6.45, 7) is 0. The van der Waals surface area contributed by atoms with Gasteiger partial charge in [-0.05, 0) is 24.3 Å². The van der Waals surface area contributed by atoms with Crippen LogP contribution in [-0.4, -0.2) is 33.4 Å². The number of hydrogen-bond donors (Lipinski definition) is 0. The van der Waals surface area contributed by atoms with Gasteiger partial charge >= 0.3 is 12.3 Å². The minimum absolute atomic E-state index is 0.313. The lowest BCUT2D eigenvalue weighted by Crippen LogP contribution is -2.37. The number of alkyl halides is 1. The Balaban J connectivity index is 2.07. The monoisotopic (exact) mass is 302 g/mol. The van der Waals surface area contributed by atoms with E-state index in [1.54, 1.807) is 42.5 Å². The highest BCUT2D eigenvalue weighted by Crippen LogP contribution is 2.22. The van der Waals surface area contributed by atoms with Gasteiger partial charge in [-0.2, -0.15) is 4.39 Å². The molecule has 1 amide bonds. The molecule has 0 aliphatic carbocycles. The number of benzene rings is 2. The fourth-order valence-corrected chi connectivity index (χ4v) is 1.94. The fraction of sp³-hybridized carbons (Fsp3) is 0.235. The van der Waals surface area contributed by atoms with Gasteiger partial charge in [0.25, 0.3) is 0 Å². The zero-order chi connectivity index (χ0) is 16.1. The zero-order valence-corrected chi connectivity index (χ0v) is 12.9. The van der Waals surface area contributed by atoms with E-state index < -0.39 is 12.3 Å². The Hall–Kier alpha value is -2.56. The molecule has 0 fully saturated rings. The molecular weight excluding hydrogens is 283 g/mol. The van der Waals surface area contributed by atoms with Gasteiger partial charge in [-0.3, -0.25) is 4.79 Å². The summed E-state index contributed by atoms with van der Waals surface area (Å²) >= 11 is 0. The molecule has 0 saturated carbocycles. The molecule has 4 nitrogen and oxygen atoms in total. The number of nitrogens with zero attached hydrogens (tertiary/aromatic N) is 2. The summed E-state index contributed by atoms with van der Waals surface area (Å²) in [7, 11) is 5.27. The van der Waals surface area contributed by atoms with E-state index in [9.17, 15) is 9.18 Å². The Kier molecular flexibility index (Phi) is 4.99. The Morgan fingerprint density at radius 1 is 1.00 bits per heavy atom. The molecule has 1 unspecified atom stereocenters. The third-order valence-electron chi connectivity index (χ3n) is 3.24. The Morgan fingerprint density at radius 3 is 2.27 bits per heavy atom. The standard InChI is InChI=1S/C17H19FN2O2/c1-19(2)14-10-7-11-15(12-14)22-16(18)17(21)20(3)13-8-5-4-6-9-13/h4-12,16H,1-3H3. The maximum absolute atomic E-state index is 14.1. The molecule has 2 aromatic rings. The van der Waals surface area contributed by atoms with Gasteiger partial charge in [-0.1, -0.05) is 24.3 Å². The van der Waals surface area contributed by atoms with E-state index in [1.807, 2.05) is 31.1 Å². The van der Waals surface area contributed by atoms with Crippen molar-refractivity contribution >= 4 is 17.3 Å². The van der Waals surface area contributed by atoms with Crippen LogP contribution in [-0.2, 0) is 4.79 Å². The van der Waals surface area contributed by atoms with Crippen LogP contribution in [0.15, 0.2) is 54.6 Å². The highest BCUT2D eigenvalue weighted by atomic mass is 19.1. The molecule has 1 atom stereocenters. The number of carbonyl (C=O) groups excluding carboxylic acids is 1. The number of carbonyl (C=O) groups is 1. The van der Waals surface area contributed by atoms with Crippen LogP contribution >= 0.6 is 0 Å². The van der Waals surface area contributed by atoms with E-state index in [0.717, 1.165) is 5.69 Å². The number of rotatable bonds is 5. The molecule has 2 aromatic carbocycles. The third-order valence-corrected chi connectivity index (χ3v) is 3.24. The number of hydrogen-bond acceptors (Lipinski definition) is 3. The number of halogens is 1. The summed E-state index contributed by atoms with van der Waals surface area (Å²) in [5, 5.41) is 0. The average Bonchev–Trinajstić information content (AvgIpc) is 2.54. The fourth-order valence-electron chi connectivity index (χ4n) is 1.94. The number of amides is 1. The molecule has 22 heavy (non-hydrogen) atoms. The normalized spacial score (nSPS) is 11.6. The second kappa shape index (κ2) is 6.93. The Bertz CT molecular complexity index is 632. The predicted molar refractivity (Wildman–Crippen MR) is 86.1 cm³/mol. The maximum atomic E-state index is 14.1. The maximum Gasteiger partial charge on any atom is 0.317 e. The molecular formula is C17H19FN2O2. The van der Waals surface area contributed by atoms with Crippen LogP contribution < -0.4 is 14.5 Å². The lowest BCUT2D eigenvalue weighted by molar-refractivity contribution is -0.132. The highest BCUT2D eigenvalue weighted by Gasteiger charge is 2.24. The van der Waals surface area contributed by atoms with Gasteiger partial charge in [0.2, 0.25) is 0 Å². The number of likely N-dealkylation sites (N-methyl/N-ethyl adjacent to an activating group) is 1. The SMILES string of the molecule is CN(C)c1cccc(OC(F)C(=O)N(C)c2ccccc2)c1. The molecule has 0 aromatic heterocycles. The van der Waals surface area contributed by atoms with Crippen LogP contribution in [0.5, 0.6) is 5.75 Å². The molecule has 116 valence electrons. The minimum Gasteiger partial charge on any atom is -0.452 e. The van der Waals surface area contributed by atoms with E-state index in [-0.39, 0.29) is 0 Å². The van der Waals surface area contributed by atoms with Gasteiger partial charge in [-0.15, -0.1) is 0 Å². The Morgan fingerprint density at radius 2 is 1.64 bits per heavy atom.